The number of hydrogen-bond acceptors (Lipinski definition) is 4. The maximum absolute atomic E-state index is 14.5. The molecule has 34 heavy (non-hydrogen) atoms. The maximum Gasteiger partial charge on any atom is 0.317 e. The zero-order valence-electron chi connectivity index (χ0n) is 19.7. The lowest BCUT2D eigenvalue weighted by atomic mass is 10.1. The lowest BCUT2D eigenvalue weighted by Crippen LogP contribution is -2.43. The molecule has 1 aromatic heterocycles. The zero-order chi connectivity index (χ0) is 23.9. The van der Waals surface area contributed by atoms with E-state index in [0.29, 0.717) is 32.0 Å². The summed E-state index contributed by atoms with van der Waals surface area (Å²) in [5.41, 5.74) is 2.33. The minimum absolute atomic E-state index is 0.00668. The first-order valence-corrected chi connectivity index (χ1v) is 11.8. The number of carbonyl (C=O) groups is 1. The van der Waals surface area contributed by atoms with Crippen LogP contribution in [-0.2, 0) is 17.7 Å². The van der Waals surface area contributed by atoms with Crippen molar-refractivity contribution in [3.05, 3.63) is 71.7 Å². The van der Waals surface area contributed by atoms with Gasteiger partial charge < -0.3 is 19.7 Å². The summed E-state index contributed by atoms with van der Waals surface area (Å²) in [7, 11) is 0. The molecule has 1 aliphatic heterocycles. The molecule has 1 aliphatic rings. The van der Waals surface area contributed by atoms with E-state index in [1.54, 1.807) is 27.8 Å². The van der Waals surface area contributed by atoms with Crippen molar-refractivity contribution in [1.29, 1.82) is 0 Å². The minimum atomic E-state index is -0.466. The van der Waals surface area contributed by atoms with Crippen molar-refractivity contribution in [2.45, 2.75) is 45.8 Å². The Hall–Kier alpha value is -3.39. The number of aromatic nitrogens is 2. The van der Waals surface area contributed by atoms with Crippen molar-refractivity contribution in [2.75, 3.05) is 19.7 Å². The second-order valence-electron chi connectivity index (χ2n) is 8.21. The predicted molar refractivity (Wildman–Crippen MR) is 128 cm³/mol. The van der Waals surface area contributed by atoms with Gasteiger partial charge in [-0.1, -0.05) is 37.3 Å². The van der Waals surface area contributed by atoms with E-state index in [9.17, 15) is 9.18 Å². The molecule has 0 spiro atoms. The number of carbonyl (C=O) groups excluding carboxylic acids is 1. The molecular formula is C26H31FN4O3. The van der Waals surface area contributed by atoms with Gasteiger partial charge >= 0.3 is 6.03 Å². The second kappa shape index (κ2) is 11.2. The molecule has 1 saturated heterocycles. The van der Waals surface area contributed by atoms with Crippen LogP contribution in [0.15, 0.2) is 54.6 Å². The Balaban J connectivity index is 1.76. The normalized spacial score (nSPS) is 15.3. The Morgan fingerprint density at radius 3 is 2.65 bits per heavy atom. The van der Waals surface area contributed by atoms with Crippen LogP contribution >= 0.6 is 0 Å². The molecule has 2 aromatic carbocycles. The molecule has 0 saturated carbocycles. The largest absolute Gasteiger partial charge is 0.435 e. The molecule has 2 amide bonds. The molecule has 2 heterocycles. The Labute approximate surface area is 199 Å². The number of hydrogen-bond donors (Lipinski definition) is 1. The second-order valence-corrected chi connectivity index (χ2v) is 8.21. The van der Waals surface area contributed by atoms with E-state index in [0.717, 1.165) is 29.8 Å². The van der Waals surface area contributed by atoms with Gasteiger partial charge in [-0.3, -0.25) is 0 Å². The van der Waals surface area contributed by atoms with Crippen molar-refractivity contribution >= 4 is 6.03 Å². The first kappa shape index (κ1) is 23.8. The number of urea groups is 1. The van der Waals surface area contributed by atoms with Crippen LogP contribution in [0.25, 0.3) is 5.69 Å². The molecule has 1 unspecified atom stereocenters. The van der Waals surface area contributed by atoms with Crippen LogP contribution in [-0.4, -0.2) is 46.5 Å². The average molecular weight is 467 g/mol. The van der Waals surface area contributed by atoms with Gasteiger partial charge in [0.1, 0.15) is 0 Å². The van der Waals surface area contributed by atoms with E-state index < -0.39 is 5.82 Å². The Morgan fingerprint density at radius 1 is 1.21 bits per heavy atom. The van der Waals surface area contributed by atoms with Crippen LogP contribution in [0.2, 0.25) is 0 Å². The summed E-state index contributed by atoms with van der Waals surface area (Å²) >= 11 is 0. The molecule has 0 radical (unpaired) electrons. The first-order chi connectivity index (χ1) is 16.6. The van der Waals surface area contributed by atoms with Gasteiger partial charge in [-0.15, -0.1) is 0 Å². The number of aryl methyl sites for hydroxylation is 1. The summed E-state index contributed by atoms with van der Waals surface area (Å²) in [6, 6.07) is 15.7. The van der Waals surface area contributed by atoms with E-state index in [4.69, 9.17) is 14.6 Å². The highest BCUT2D eigenvalue weighted by Crippen LogP contribution is 2.33. The van der Waals surface area contributed by atoms with E-state index in [-0.39, 0.29) is 24.4 Å². The summed E-state index contributed by atoms with van der Waals surface area (Å²) in [5, 5.41) is 7.69. The lowest BCUT2D eigenvalue weighted by Gasteiger charge is -2.26. The first-order valence-electron chi connectivity index (χ1n) is 11.8. The molecule has 0 aliphatic carbocycles. The molecule has 7 nitrogen and oxygen atoms in total. The fraction of sp³-hybridized carbons (Fsp3) is 0.385. The smallest absolute Gasteiger partial charge is 0.317 e. The summed E-state index contributed by atoms with van der Waals surface area (Å²) in [5.74, 6) is 0.0363. The Kier molecular flexibility index (Phi) is 7.80. The third-order valence-electron chi connectivity index (χ3n) is 5.81. The van der Waals surface area contributed by atoms with E-state index >= 15 is 0 Å². The van der Waals surface area contributed by atoms with Gasteiger partial charge in [0.2, 0.25) is 5.88 Å². The van der Waals surface area contributed by atoms with Gasteiger partial charge in [-0.25, -0.2) is 13.9 Å². The van der Waals surface area contributed by atoms with E-state index in [2.05, 4.69) is 5.32 Å². The van der Waals surface area contributed by atoms with E-state index in [1.165, 1.54) is 6.07 Å². The maximum atomic E-state index is 14.5. The quantitative estimate of drug-likeness (QED) is 0.478. The number of benzene rings is 2. The van der Waals surface area contributed by atoms with Crippen LogP contribution in [0.5, 0.6) is 11.6 Å². The SMILES string of the molecule is CCNC(=O)N(Cc1c(CC)nn(-c2ccccc2)c1Oc1ccccc1F)CC1CCCO1. The molecule has 1 atom stereocenters. The number of amides is 2. The van der Waals surface area contributed by atoms with E-state index in [1.807, 2.05) is 44.2 Å². The van der Waals surface area contributed by atoms with Gasteiger partial charge in [0, 0.05) is 19.7 Å². The van der Waals surface area contributed by atoms with Crippen molar-refractivity contribution in [2.24, 2.45) is 0 Å². The van der Waals surface area contributed by atoms with Crippen molar-refractivity contribution in [1.82, 2.24) is 20.0 Å². The Bertz CT molecular complexity index is 1100. The average Bonchev–Trinajstić information content (AvgIpc) is 3.49. The van der Waals surface area contributed by atoms with Crippen LogP contribution in [0.3, 0.4) is 0 Å². The van der Waals surface area contributed by atoms with Gasteiger partial charge in [0.15, 0.2) is 11.6 Å². The summed E-state index contributed by atoms with van der Waals surface area (Å²) < 4.78 is 28.2. The van der Waals surface area contributed by atoms with Gasteiger partial charge in [0.05, 0.1) is 29.6 Å². The summed E-state index contributed by atoms with van der Waals surface area (Å²) in [6.07, 6.45) is 2.53. The van der Waals surface area contributed by atoms with Crippen LogP contribution in [0.1, 0.15) is 37.9 Å². The van der Waals surface area contributed by atoms with Crippen molar-refractivity contribution in [3.63, 3.8) is 0 Å². The van der Waals surface area contributed by atoms with Crippen molar-refractivity contribution in [3.8, 4) is 17.3 Å². The minimum Gasteiger partial charge on any atom is -0.435 e. The van der Waals surface area contributed by atoms with Crippen LogP contribution in [0.4, 0.5) is 9.18 Å². The third kappa shape index (κ3) is 5.39. The molecule has 3 aromatic rings. The number of para-hydroxylation sites is 2. The molecule has 4 rings (SSSR count). The fourth-order valence-corrected chi connectivity index (χ4v) is 4.11. The number of rotatable bonds is 9. The summed E-state index contributed by atoms with van der Waals surface area (Å²) in [4.78, 5) is 14.7. The molecule has 1 N–H and O–H groups in total. The van der Waals surface area contributed by atoms with Gasteiger partial charge in [-0.2, -0.15) is 5.10 Å². The summed E-state index contributed by atoms with van der Waals surface area (Å²) in [6.45, 7) is 5.85. The number of nitrogens with zero attached hydrogens (tertiary/aromatic N) is 3. The molecule has 8 heteroatoms. The topological polar surface area (TPSA) is 68.6 Å². The molecule has 0 bridgehead atoms. The number of halogens is 1. The number of ether oxygens (including phenoxy) is 2. The van der Waals surface area contributed by atoms with Crippen LogP contribution in [0, 0.1) is 5.82 Å². The highest BCUT2D eigenvalue weighted by atomic mass is 19.1. The highest BCUT2D eigenvalue weighted by molar-refractivity contribution is 5.74. The Morgan fingerprint density at radius 2 is 1.97 bits per heavy atom. The van der Waals surface area contributed by atoms with Crippen molar-refractivity contribution < 1.29 is 18.7 Å². The van der Waals surface area contributed by atoms with Gasteiger partial charge in [-0.05, 0) is 50.5 Å². The van der Waals surface area contributed by atoms with Gasteiger partial charge in [0.25, 0.3) is 0 Å². The third-order valence-corrected chi connectivity index (χ3v) is 5.81. The zero-order valence-corrected chi connectivity index (χ0v) is 19.7. The molecular weight excluding hydrogens is 435 g/mol. The molecule has 180 valence electrons. The molecule has 1 fully saturated rings. The highest BCUT2D eigenvalue weighted by Gasteiger charge is 2.28. The fourth-order valence-electron chi connectivity index (χ4n) is 4.11. The number of nitrogens with one attached hydrogen (secondary N) is 1. The van der Waals surface area contributed by atoms with Crippen LogP contribution < -0.4 is 10.1 Å². The lowest BCUT2D eigenvalue weighted by molar-refractivity contribution is 0.0793. The predicted octanol–water partition coefficient (Wildman–Crippen LogP) is 5.08. The monoisotopic (exact) mass is 466 g/mol. The standard InChI is InChI=1S/C26H31FN4O3/c1-3-23-21(18-30(26(32)28-4-2)17-20-13-10-16-33-20)25(34-24-15-9-8-14-22(24)27)31(29-23)19-11-6-5-7-12-19/h5-9,11-12,14-15,20H,3-4,10,13,16-18H2,1-2H3,(H,28,32).